The highest BCUT2D eigenvalue weighted by molar-refractivity contribution is 5.79. The van der Waals surface area contributed by atoms with Crippen LogP contribution in [0.25, 0.3) is 11.1 Å². The van der Waals surface area contributed by atoms with E-state index in [2.05, 4.69) is 20.1 Å². The summed E-state index contributed by atoms with van der Waals surface area (Å²) in [5.74, 6) is 0.232. The highest BCUT2D eigenvalue weighted by atomic mass is 16.5. The number of fused-ring (bicyclic) bond motifs is 1. The zero-order valence-corrected chi connectivity index (χ0v) is 18.4. The van der Waals surface area contributed by atoms with Gasteiger partial charge in [-0.1, -0.05) is 12.1 Å². The molecule has 30 heavy (non-hydrogen) atoms. The molecule has 1 atom stereocenters. The number of carbonyl (C=O) groups excluding carboxylic acids is 1. The number of anilines is 1. The number of carbonyl (C=O) groups is 1. The van der Waals surface area contributed by atoms with Gasteiger partial charge >= 0.3 is 0 Å². The van der Waals surface area contributed by atoms with Crippen LogP contribution in [0.1, 0.15) is 39.5 Å². The van der Waals surface area contributed by atoms with Crippen molar-refractivity contribution in [2.24, 2.45) is 5.92 Å². The molecule has 0 bridgehead atoms. The minimum absolute atomic E-state index is 0.0708. The van der Waals surface area contributed by atoms with Crippen molar-refractivity contribution >= 4 is 23.0 Å². The molecule has 2 aliphatic heterocycles. The minimum Gasteiger partial charge on any atom is -0.423 e. The van der Waals surface area contributed by atoms with Crippen LogP contribution in [0.5, 0.6) is 0 Å². The predicted octanol–water partition coefficient (Wildman–Crippen LogP) is 3.05. The third-order valence-corrected chi connectivity index (χ3v) is 6.60. The lowest BCUT2D eigenvalue weighted by Gasteiger charge is -2.41. The molecule has 7 heteroatoms. The van der Waals surface area contributed by atoms with Crippen LogP contribution in [-0.2, 0) is 9.53 Å². The number of oxazole rings is 1. The van der Waals surface area contributed by atoms with Crippen LogP contribution in [0.4, 0.5) is 6.01 Å². The van der Waals surface area contributed by atoms with Crippen molar-refractivity contribution in [2.45, 2.75) is 51.2 Å². The lowest BCUT2D eigenvalue weighted by Crippen LogP contribution is -2.51. The number of nitrogens with zero attached hydrogens (tertiary/aromatic N) is 3. The molecule has 0 aliphatic carbocycles. The molecule has 1 amide bonds. The van der Waals surface area contributed by atoms with Crippen molar-refractivity contribution in [1.29, 1.82) is 0 Å². The number of para-hydroxylation sites is 2. The van der Waals surface area contributed by atoms with E-state index in [0.717, 1.165) is 69.0 Å². The first-order valence-corrected chi connectivity index (χ1v) is 11.1. The lowest BCUT2D eigenvalue weighted by molar-refractivity contribution is -0.128. The van der Waals surface area contributed by atoms with Crippen LogP contribution in [0.2, 0.25) is 0 Å². The Morgan fingerprint density at radius 3 is 2.73 bits per heavy atom. The van der Waals surface area contributed by atoms with E-state index in [9.17, 15) is 4.79 Å². The molecule has 2 aromatic rings. The molecule has 2 fully saturated rings. The van der Waals surface area contributed by atoms with Crippen molar-refractivity contribution in [3.8, 4) is 0 Å². The summed E-state index contributed by atoms with van der Waals surface area (Å²) in [6.07, 6.45) is 4.20. The number of rotatable bonds is 6. The van der Waals surface area contributed by atoms with E-state index in [-0.39, 0.29) is 17.4 Å². The predicted molar refractivity (Wildman–Crippen MR) is 118 cm³/mol. The van der Waals surface area contributed by atoms with E-state index >= 15 is 0 Å². The van der Waals surface area contributed by atoms with Crippen LogP contribution < -0.4 is 10.2 Å². The molecule has 2 aliphatic rings. The number of methoxy groups -OCH3 is 1. The second-order valence-electron chi connectivity index (χ2n) is 9.20. The van der Waals surface area contributed by atoms with E-state index in [1.54, 1.807) is 7.11 Å². The minimum atomic E-state index is -0.332. The summed E-state index contributed by atoms with van der Waals surface area (Å²) < 4.78 is 11.4. The molecule has 1 aromatic heterocycles. The largest absolute Gasteiger partial charge is 0.423 e. The Morgan fingerprint density at radius 1 is 1.23 bits per heavy atom. The molecular formula is C23H34N4O3. The summed E-state index contributed by atoms with van der Waals surface area (Å²) in [6.45, 7) is 8.34. The van der Waals surface area contributed by atoms with Crippen LogP contribution in [0.3, 0.4) is 0 Å². The van der Waals surface area contributed by atoms with Gasteiger partial charge in [0.2, 0.25) is 5.91 Å². The fourth-order valence-electron chi connectivity index (χ4n) is 4.49. The number of benzene rings is 1. The Labute approximate surface area is 178 Å². The van der Waals surface area contributed by atoms with Crippen LogP contribution in [-0.4, -0.2) is 67.3 Å². The average Bonchev–Trinajstić information content (AvgIpc) is 3.22. The van der Waals surface area contributed by atoms with Gasteiger partial charge in [-0.3, -0.25) is 9.69 Å². The smallest absolute Gasteiger partial charge is 0.298 e. The molecular weight excluding hydrogens is 380 g/mol. The van der Waals surface area contributed by atoms with E-state index < -0.39 is 0 Å². The Morgan fingerprint density at radius 2 is 2.00 bits per heavy atom. The van der Waals surface area contributed by atoms with E-state index in [1.165, 1.54) is 0 Å². The topological polar surface area (TPSA) is 70.8 Å². The van der Waals surface area contributed by atoms with Gasteiger partial charge in [0.15, 0.2) is 5.58 Å². The molecule has 0 spiro atoms. The van der Waals surface area contributed by atoms with Gasteiger partial charge in [0.25, 0.3) is 6.01 Å². The second kappa shape index (κ2) is 8.94. The fourth-order valence-corrected chi connectivity index (χ4v) is 4.49. The summed E-state index contributed by atoms with van der Waals surface area (Å²) in [5, 5.41) is 3.09. The van der Waals surface area contributed by atoms with Gasteiger partial charge < -0.3 is 19.4 Å². The summed E-state index contributed by atoms with van der Waals surface area (Å²) in [4.78, 5) is 22.1. The Hall–Kier alpha value is -2.12. The van der Waals surface area contributed by atoms with E-state index in [4.69, 9.17) is 9.15 Å². The van der Waals surface area contributed by atoms with Crippen molar-refractivity contribution in [1.82, 2.24) is 15.2 Å². The molecule has 0 radical (unpaired) electrons. The third-order valence-electron chi connectivity index (χ3n) is 6.60. The van der Waals surface area contributed by atoms with Crippen molar-refractivity contribution < 1.29 is 13.9 Å². The normalized spacial score (nSPS) is 21.8. The molecule has 1 N–H and O–H groups in total. The van der Waals surface area contributed by atoms with E-state index in [0.29, 0.717) is 12.6 Å². The number of piperidine rings is 2. The molecule has 1 aromatic carbocycles. The highest BCUT2D eigenvalue weighted by Crippen LogP contribution is 2.28. The first kappa shape index (κ1) is 21.1. The molecule has 3 heterocycles. The number of nitrogens with one attached hydrogen (secondary N) is 1. The van der Waals surface area contributed by atoms with Gasteiger partial charge in [-0.2, -0.15) is 4.98 Å². The second-order valence-corrected chi connectivity index (χ2v) is 9.20. The van der Waals surface area contributed by atoms with Crippen LogP contribution in [0, 0.1) is 5.92 Å². The van der Waals surface area contributed by atoms with Gasteiger partial charge in [0, 0.05) is 39.3 Å². The molecule has 164 valence electrons. The van der Waals surface area contributed by atoms with Crippen molar-refractivity contribution in [3.05, 3.63) is 24.3 Å². The Bertz CT molecular complexity index is 824. The summed E-state index contributed by atoms with van der Waals surface area (Å²) in [6, 6.07) is 9.17. The van der Waals surface area contributed by atoms with Gasteiger partial charge in [-0.15, -0.1) is 0 Å². The fraction of sp³-hybridized carbons (Fsp3) is 0.652. The Kier molecular flexibility index (Phi) is 6.29. The zero-order valence-electron chi connectivity index (χ0n) is 18.4. The van der Waals surface area contributed by atoms with Crippen LogP contribution >= 0.6 is 0 Å². The van der Waals surface area contributed by atoms with Gasteiger partial charge in [0.1, 0.15) is 5.52 Å². The monoisotopic (exact) mass is 414 g/mol. The number of hydrogen-bond donors (Lipinski definition) is 1. The number of aromatic nitrogens is 1. The summed E-state index contributed by atoms with van der Waals surface area (Å²) in [5.41, 5.74) is 1.42. The number of ether oxygens (including phenoxy) is 1. The van der Waals surface area contributed by atoms with Gasteiger partial charge in [-0.05, 0) is 58.2 Å². The van der Waals surface area contributed by atoms with Gasteiger partial charge in [0.05, 0.1) is 11.5 Å². The van der Waals surface area contributed by atoms with Crippen molar-refractivity contribution in [2.75, 3.05) is 44.7 Å². The maximum absolute atomic E-state index is 12.7. The van der Waals surface area contributed by atoms with Gasteiger partial charge in [-0.25, -0.2) is 0 Å². The number of amides is 1. The van der Waals surface area contributed by atoms with E-state index in [1.807, 2.05) is 38.1 Å². The van der Waals surface area contributed by atoms with Crippen molar-refractivity contribution in [3.63, 3.8) is 0 Å². The molecule has 2 saturated heterocycles. The highest BCUT2D eigenvalue weighted by Gasteiger charge is 2.33. The maximum atomic E-state index is 12.7. The molecule has 0 saturated carbocycles. The number of hydrogen-bond acceptors (Lipinski definition) is 6. The SMILES string of the molecule is COC(C)(C)CNC(=O)[C@H]1CCCN(C2CCN(c3nc4ccccc4o3)CC2)C1. The molecule has 7 nitrogen and oxygen atoms in total. The lowest BCUT2D eigenvalue weighted by atomic mass is 9.93. The molecule has 0 unspecified atom stereocenters. The summed E-state index contributed by atoms with van der Waals surface area (Å²) in [7, 11) is 1.68. The summed E-state index contributed by atoms with van der Waals surface area (Å²) >= 11 is 0. The zero-order chi connectivity index (χ0) is 21.1. The quantitative estimate of drug-likeness (QED) is 0.783. The standard InChI is InChI=1S/C23H34N4O3/c1-23(2,29-3)16-24-21(28)17-7-6-12-27(15-17)18-10-13-26(14-11-18)22-25-19-8-4-5-9-20(19)30-22/h4-5,8-9,17-18H,6-7,10-16H2,1-3H3,(H,24,28)/t17-/m0/s1. The average molecular weight is 415 g/mol. The molecule has 4 rings (SSSR count). The first-order valence-electron chi connectivity index (χ1n) is 11.1. The number of likely N-dealkylation sites (tertiary alicyclic amines) is 1. The first-order chi connectivity index (χ1) is 14.4. The third kappa shape index (κ3) is 4.78. The van der Waals surface area contributed by atoms with Crippen LogP contribution in [0.15, 0.2) is 28.7 Å². The Balaban J connectivity index is 1.29. The maximum Gasteiger partial charge on any atom is 0.298 e.